The number of nitriles is 1. The zero-order valence-corrected chi connectivity index (χ0v) is 13.6. The van der Waals surface area contributed by atoms with Crippen LogP contribution >= 0.6 is 15.9 Å². The van der Waals surface area contributed by atoms with Crippen molar-refractivity contribution >= 4 is 27.5 Å². The smallest absolute Gasteiger partial charge is 0.268 e. The molecule has 0 N–H and O–H groups in total. The highest BCUT2D eigenvalue weighted by Gasteiger charge is 2.34. The van der Waals surface area contributed by atoms with Crippen LogP contribution in [0.2, 0.25) is 0 Å². The normalized spacial score (nSPS) is 17.2. The Balaban J connectivity index is 1.74. The fourth-order valence-electron chi connectivity index (χ4n) is 2.46. The second kappa shape index (κ2) is 6.39. The van der Waals surface area contributed by atoms with Crippen LogP contribution < -0.4 is 9.64 Å². The van der Waals surface area contributed by atoms with Gasteiger partial charge in [-0.25, -0.2) is 4.39 Å². The predicted octanol–water partition coefficient (Wildman–Crippen LogP) is 3.64. The number of benzene rings is 2. The highest BCUT2D eigenvalue weighted by Crippen LogP contribution is 2.27. The molecular weight excluding hydrogens is 363 g/mol. The highest BCUT2D eigenvalue weighted by atomic mass is 79.9. The molecular formula is C17H12BrFN2O2. The first-order valence-corrected chi connectivity index (χ1v) is 7.81. The largest absolute Gasteiger partial charge is 0.477 e. The summed E-state index contributed by atoms with van der Waals surface area (Å²) in [6.07, 6.45) is -0.227. The van der Waals surface area contributed by atoms with Gasteiger partial charge in [0.1, 0.15) is 0 Å². The summed E-state index contributed by atoms with van der Waals surface area (Å²) in [6, 6.07) is 13.3. The van der Waals surface area contributed by atoms with Crippen molar-refractivity contribution in [3.8, 4) is 11.8 Å². The second-order valence-electron chi connectivity index (χ2n) is 5.12. The number of ether oxygens (including phenoxy) is 1. The van der Waals surface area contributed by atoms with Crippen molar-refractivity contribution in [2.24, 2.45) is 0 Å². The summed E-state index contributed by atoms with van der Waals surface area (Å²) in [6.45, 7) is 0.494. The van der Waals surface area contributed by atoms with E-state index < -0.39 is 11.9 Å². The minimum absolute atomic E-state index is 0.0632. The summed E-state index contributed by atoms with van der Waals surface area (Å²) < 4.78 is 20.0. The number of nitrogens with zero attached hydrogens (tertiary/aromatic N) is 2. The topological polar surface area (TPSA) is 53.3 Å². The maximum atomic E-state index is 13.8. The summed E-state index contributed by atoms with van der Waals surface area (Å²) in [7, 11) is 0. The number of carbonyl (C=O) groups is 1. The van der Waals surface area contributed by atoms with Gasteiger partial charge in [-0.1, -0.05) is 15.9 Å². The zero-order chi connectivity index (χ0) is 16.4. The van der Waals surface area contributed by atoms with E-state index in [2.05, 4.69) is 15.9 Å². The summed E-state index contributed by atoms with van der Waals surface area (Å²) in [4.78, 5) is 14.0. The molecule has 1 aliphatic rings. The van der Waals surface area contributed by atoms with E-state index in [9.17, 15) is 9.18 Å². The van der Waals surface area contributed by atoms with E-state index in [0.29, 0.717) is 28.7 Å². The Labute approximate surface area is 141 Å². The monoisotopic (exact) mass is 374 g/mol. The van der Waals surface area contributed by atoms with Gasteiger partial charge in [0.2, 0.25) is 0 Å². The lowest BCUT2D eigenvalue weighted by Crippen LogP contribution is -2.32. The van der Waals surface area contributed by atoms with Crippen LogP contribution in [0.1, 0.15) is 12.0 Å². The number of amides is 1. The Bertz CT molecular complexity index is 786. The first-order chi connectivity index (χ1) is 11.1. The number of hydrogen-bond acceptors (Lipinski definition) is 3. The van der Waals surface area contributed by atoms with Crippen molar-refractivity contribution in [2.45, 2.75) is 12.5 Å². The third kappa shape index (κ3) is 3.20. The van der Waals surface area contributed by atoms with Crippen LogP contribution in [-0.4, -0.2) is 18.6 Å². The van der Waals surface area contributed by atoms with Crippen LogP contribution in [0.4, 0.5) is 10.1 Å². The second-order valence-corrected chi connectivity index (χ2v) is 6.03. The molecule has 3 rings (SSSR count). The molecule has 1 amide bonds. The molecule has 6 heteroatoms. The van der Waals surface area contributed by atoms with Gasteiger partial charge in [-0.2, -0.15) is 5.26 Å². The molecule has 0 radical (unpaired) electrons. The zero-order valence-electron chi connectivity index (χ0n) is 12.0. The minimum atomic E-state index is -0.707. The van der Waals surface area contributed by atoms with E-state index in [-0.39, 0.29) is 11.7 Å². The van der Waals surface area contributed by atoms with Gasteiger partial charge in [-0.3, -0.25) is 4.79 Å². The molecule has 116 valence electrons. The van der Waals surface area contributed by atoms with Gasteiger partial charge in [0.15, 0.2) is 17.7 Å². The number of halogens is 2. The van der Waals surface area contributed by atoms with Crippen molar-refractivity contribution in [2.75, 3.05) is 11.4 Å². The van der Waals surface area contributed by atoms with E-state index in [1.54, 1.807) is 35.2 Å². The Morgan fingerprint density at radius 3 is 2.65 bits per heavy atom. The molecule has 1 heterocycles. The van der Waals surface area contributed by atoms with Crippen molar-refractivity contribution in [3.05, 3.63) is 58.3 Å². The van der Waals surface area contributed by atoms with Gasteiger partial charge in [-0.05, 0) is 42.5 Å². The van der Waals surface area contributed by atoms with Gasteiger partial charge in [0.25, 0.3) is 5.91 Å². The molecule has 0 aromatic heterocycles. The average molecular weight is 375 g/mol. The third-order valence-electron chi connectivity index (χ3n) is 3.63. The fraction of sp³-hybridized carbons (Fsp3) is 0.176. The third-order valence-corrected chi connectivity index (χ3v) is 4.12. The standard InChI is InChI=1S/C17H12BrFN2O2/c18-12-3-6-15(14(19)9-12)23-16-7-8-21(17(16)22)13-4-1-11(10-20)2-5-13/h1-6,9,16H,7-8H2. The first-order valence-electron chi connectivity index (χ1n) is 7.02. The Kier molecular flexibility index (Phi) is 4.30. The molecule has 1 unspecified atom stereocenters. The van der Waals surface area contributed by atoms with Crippen LogP contribution in [-0.2, 0) is 4.79 Å². The number of carbonyl (C=O) groups excluding carboxylic acids is 1. The molecule has 1 saturated heterocycles. The minimum Gasteiger partial charge on any atom is -0.477 e. The number of hydrogen-bond donors (Lipinski definition) is 0. The highest BCUT2D eigenvalue weighted by molar-refractivity contribution is 9.10. The molecule has 0 spiro atoms. The van der Waals surface area contributed by atoms with Gasteiger partial charge >= 0.3 is 0 Å². The predicted molar refractivity (Wildman–Crippen MR) is 86.6 cm³/mol. The van der Waals surface area contributed by atoms with Gasteiger partial charge in [0, 0.05) is 23.1 Å². The SMILES string of the molecule is N#Cc1ccc(N2CCC(Oc3ccc(Br)cc3F)C2=O)cc1. The van der Waals surface area contributed by atoms with Gasteiger partial charge < -0.3 is 9.64 Å². The molecule has 0 bridgehead atoms. The molecule has 0 aliphatic carbocycles. The quantitative estimate of drug-likeness (QED) is 0.823. The summed E-state index contributed by atoms with van der Waals surface area (Å²) in [5.74, 6) is -0.658. The van der Waals surface area contributed by atoms with Crippen molar-refractivity contribution in [3.63, 3.8) is 0 Å². The molecule has 23 heavy (non-hydrogen) atoms. The lowest BCUT2D eigenvalue weighted by atomic mass is 10.2. The van der Waals surface area contributed by atoms with Crippen LogP contribution in [0.25, 0.3) is 0 Å². The Morgan fingerprint density at radius 2 is 2.00 bits per heavy atom. The Hall–Kier alpha value is -2.39. The van der Waals surface area contributed by atoms with Crippen molar-refractivity contribution < 1.29 is 13.9 Å². The van der Waals surface area contributed by atoms with Gasteiger partial charge in [-0.15, -0.1) is 0 Å². The van der Waals surface area contributed by atoms with Crippen LogP contribution in [0, 0.1) is 17.1 Å². The van der Waals surface area contributed by atoms with Gasteiger partial charge in [0.05, 0.1) is 11.6 Å². The first kappa shape index (κ1) is 15.5. The number of rotatable bonds is 3. The Morgan fingerprint density at radius 1 is 1.26 bits per heavy atom. The molecule has 0 saturated carbocycles. The molecule has 2 aromatic rings. The molecule has 4 nitrogen and oxygen atoms in total. The van der Waals surface area contributed by atoms with Crippen molar-refractivity contribution in [1.29, 1.82) is 5.26 Å². The summed E-state index contributed by atoms with van der Waals surface area (Å²) in [5.41, 5.74) is 1.24. The van der Waals surface area contributed by atoms with Crippen molar-refractivity contribution in [1.82, 2.24) is 0 Å². The molecule has 1 fully saturated rings. The average Bonchev–Trinajstić information content (AvgIpc) is 2.91. The maximum Gasteiger partial charge on any atom is 0.268 e. The van der Waals surface area contributed by atoms with Crippen LogP contribution in [0.15, 0.2) is 46.9 Å². The van der Waals surface area contributed by atoms with E-state index in [1.165, 1.54) is 12.1 Å². The molecule has 1 atom stereocenters. The maximum absolute atomic E-state index is 13.8. The van der Waals surface area contributed by atoms with E-state index in [4.69, 9.17) is 10.00 Å². The fourth-order valence-corrected chi connectivity index (χ4v) is 2.79. The lowest BCUT2D eigenvalue weighted by Gasteiger charge is -2.17. The van der Waals surface area contributed by atoms with E-state index in [1.807, 2.05) is 6.07 Å². The number of anilines is 1. The summed E-state index contributed by atoms with van der Waals surface area (Å²) >= 11 is 3.18. The molecule has 2 aromatic carbocycles. The van der Waals surface area contributed by atoms with E-state index >= 15 is 0 Å². The summed E-state index contributed by atoms with van der Waals surface area (Å²) in [5, 5.41) is 8.81. The lowest BCUT2D eigenvalue weighted by molar-refractivity contribution is -0.122. The van der Waals surface area contributed by atoms with E-state index in [0.717, 1.165) is 0 Å². The van der Waals surface area contributed by atoms with Crippen LogP contribution in [0.5, 0.6) is 5.75 Å². The van der Waals surface area contributed by atoms with Crippen LogP contribution in [0.3, 0.4) is 0 Å². The molecule has 1 aliphatic heterocycles.